The highest BCUT2D eigenvalue weighted by Gasteiger charge is 2.17. The Kier molecular flexibility index (Phi) is 8.43. The molecule has 0 aliphatic carbocycles. The molecule has 0 saturated carbocycles. The fourth-order valence-corrected chi connectivity index (χ4v) is 7.41. The van der Waals surface area contributed by atoms with Crippen LogP contribution in [0.2, 0.25) is 0 Å². The second-order valence-electron chi connectivity index (χ2n) is 13.7. The van der Waals surface area contributed by atoms with Crippen molar-refractivity contribution >= 4 is 21.5 Å². The van der Waals surface area contributed by atoms with E-state index in [1.165, 1.54) is 0 Å². The Morgan fingerprint density at radius 1 is 0.268 bits per heavy atom. The van der Waals surface area contributed by atoms with Crippen LogP contribution in [0, 0.1) is 0 Å². The Balaban J connectivity index is 1.18. The normalized spacial score (nSPS) is 11.2. The van der Waals surface area contributed by atoms with E-state index < -0.39 is 0 Å². The lowest BCUT2D eigenvalue weighted by Crippen LogP contribution is -2.01. The van der Waals surface area contributed by atoms with E-state index in [1.54, 1.807) is 0 Å². The molecule has 0 aliphatic heterocycles. The number of fused-ring (bicyclic) bond motifs is 2. The van der Waals surface area contributed by atoms with Gasteiger partial charge in [0.2, 0.25) is 0 Å². The first-order valence-electron chi connectivity index (χ1n) is 18.7. The van der Waals surface area contributed by atoms with E-state index in [0.29, 0.717) is 17.5 Å². The average Bonchev–Trinajstić information content (AvgIpc) is 3.29. The summed E-state index contributed by atoms with van der Waals surface area (Å²) >= 11 is 0. The third-order valence-electron chi connectivity index (χ3n) is 10.2. The zero-order valence-corrected chi connectivity index (χ0v) is 30.3. The summed E-state index contributed by atoms with van der Waals surface area (Å²) in [7, 11) is 0. The van der Waals surface area contributed by atoms with Crippen LogP contribution in [0.5, 0.6) is 0 Å². The van der Waals surface area contributed by atoms with Gasteiger partial charge in [0.15, 0.2) is 17.5 Å². The minimum Gasteiger partial charge on any atom is -0.256 e. The molecule has 0 atom stereocenters. The second kappa shape index (κ2) is 14.3. The van der Waals surface area contributed by atoms with Crippen molar-refractivity contribution in [3.05, 3.63) is 200 Å². The highest BCUT2D eigenvalue weighted by Crippen LogP contribution is 2.36. The molecule has 0 aliphatic rings. The molecule has 0 amide bonds. The molecule has 5 nitrogen and oxygen atoms in total. The molecular formula is C51H33N5. The van der Waals surface area contributed by atoms with E-state index >= 15 is 0 Å². The summed E-state index contributed by atoms with van der Waals surface area (Å²) < 4.78 is 0. The van der Waals surface area contributed by atoms with Crippen LogP contribution in [0.3, 0.4) is 0 Å². The number of aromatic nitrogens is 5. The van der Waals surface area contributed by atoms with Gasteiger partial charge in [0.25, 0.3) is 0 Å². The predicted molar refractivity (Wildman–Crippen MR) is 228 cm³/mol. The van der Waals surface area contributed by atoms with Crippen molar-refractivity contribution in [1.82, 2.24) is 24.9 Å². The van der Waals surface area contributed by atoms with Gasteiger partial charge in [0, 0.05) is 40.2 Å². The lowest BCUT2D eigenvalue weighted by molar-refractivity contribution is 1.08. The summed E-state index contributed by atoms with van der Waals surface area (Å²) in [5.41, 5.74) is 11.1. The summed E-state index contributed by atoms with van der Waals surface area (Å²) in [5, 5.41) is 4.44. The first-order valence-corrected chi connectivity index (χ1v) is 18.7. The summed E-state index contributed by atoms with van der Waals surface area (Å²) in [6.07, 6.45) is 3.65. The van der Waals surface area contributed by atoms with Gasteiger partial charge in [-0.1, -0.05) is 146 Å². The van der Waals surface area contributed by atoms with Crippen LogP contribution < -0.4 is 0 Å². The molecule has 0 radical (unpaired) electrons. The molecule has 0 spiro atoms. The van der Waals surface area contributed by atoms with E-state index in [9.17, 15) is 0 Å². The number of pyridine rings is 2. The maximum Gasteiger partial charge on any atom is 0.164 e. The Labute approximate surface area is 324 Å². The SMILES string of the molecule is c1ccc(-c2ccc(-c3cc(-c4ccc(-c5ccccn5)cc4)cc(-c4nc(-c5cccc6ccccc56)nc(-c5cccc6ccccc56)n4)c3)cc2)nc1. The molecule has 0 saturated heterocycles. The Morgan fingerprint density at radius 3 is 1.12 bits per heavy atom. The summed E-state index contributed by atoms with van der Waals surface area (Å²) in [5.74, 6) is 1.85. The number of hydrogen-bond donors (Lipinski definition) is 0. The van der Waals surface area contributed by atoms with Crippen LogP contribution in [0.4, 0.5) is 0 Å². The van der Waals surface area contributed by atoms with E-state index in [4.69, 9.17) is 15.0 Å². The molecule has 262 valence electrons. The van der Waals surface area contributed by atoms with Crippen molar-refractivity contribution in [1.29, 1.82) is 0 Å². The zero-order valence-electron chi connectivity index (χ0n) is 30.3. The van der Waals surface area contributed by atoms with Crippen LogP contribution in [-0.2, 0) is 0 Å². The second-order valence-corrected chi connectivity index (χ2v) is 13.7. The first kappa shape index (κ1) is 33.0. The Hall–Kier alpha value is -7.63. The monoisotopic (exact) mass is 715 g/mol. The van der Waals surface area contributed by atoms with Crippen LogP contribution in [0.1, 0.15) is 0 Å². The molecule has 3 heterocycles. The van der Waals surface area contributed by atoms with Gasteiger partial charge in [-0.15, -0.1) is 0 Å². The van der Waals surface area contributed by atoms with Crippen LogP contribution >= 0.6 is 0 Å². The Morgan fingerprint density at radius 2 is 0.661 bits per heavy atom. The fourth-order valence-electron chi connectivity index (χ4n) is 7.41. The maximum absolute atomic E-state index is 5.27. The number of nitrogens with zero attached hydrogens (tertiary/aromatic N) is 5. The van der Waals surface area contributed by atoms with Crippen molar-refractivity contribution in [2.75, 3.05) is 0 Å². The smallest absolute Gasteiger partial charge is 0.164 e. The van der Waals surface area contributed by atoms with Gasteiger partial charge in [-0.2, -0.15) is 0 Å². The van der Waals surface area contributed by atoms with Crippen molar-refractivity contribution < 1.29 is 0 Å². The van der Waals surface area contributed by atoms with Crippen LogP contribution in [0.15, 0.2) is 200 Å². The van der Waals surface area contributed by atoms with Gasteiger partial charge >= 0.3 is 0 Å². The van der Waals surface area contributed by atoms with Gasteiger partial charge in [0.1, 0.15) is 0 Å². The topological polar surface area (TPSA) is 64.5 Å². The summed E-state index contributed by atoms with van der Waals surface area (Å²) in [6, 6.07) is 65.1. The standard InChI is InChI=1S/C51H33N5/c1-3-15-43-36(11-1)13-9-17-45(43)50-54-49(55-51(56-50)46-18-10-14-37-12-2-4-16-44(37)46)42-32-40(34-21-25-38(26-22-34)47-19-5-7-29-52-47)31-41(33-42)35-23-27-39(28-24-35)48-20-6-8-30-53-48/h1-33H. The molecule has 10 aromatic rings. The molecular weight excluding hydrogens is 683 g/mol. The minimum atomic E-state index is 0.601. The van der Waals surface area contributed by atoms with Crippen LogP contribution in [0.25, 0.3) is 100 Å². The lowest BCUT2D eigenvalue weighted by Gasteiger charge is -2.14. The van der Waals surface area contributed by atoms with Gasteiger partial charge in [0.05, 0.1) is 11.4 Å². The Bertz CT molecular complexity index is 2790. The zero-order chi connectivity index (χ0) is 37.3. The van der Waals surface area contributed by atoms with E-state index in [-0.39, 0.29) is 0 Å². The van der Waals surface area contributed by atoms with Gasteiger partial charge in [-0.3, -0.25) is 9.97 Å². The van der Waals surface area contributed by atoms with Gasteiger partial charge in [-0.25, -0.2) is 15.0 Å². The third-order valence-corrected chi connectivity index (χ3v) is 10.2. The lowest BCUT2D eigenvalue weighted by atomic mass is 9.94. The largest absolute Gasteiger partial charge is 0.256 e. The van der Waals surface area contributed by atoms with Crippen molar-refractivity contribution in [2.45, 2.75) is 0 Å². The van der Waals surface area contributed by atoms with Gasteiger partial charge < -0.3 is 0 Å². The number of benzene rings is 7. The van der Waals surface area contributed by atoms with E-state index in [0.717, 1.165) is 83.0 Å². The van der Waals surface area contributed by atoms with Crippen LogP contribution in [-0.4, -0.2) is 24.9 Å². The highest BCUT2D eigenvalue weighted by atomic mass is 15.0. The van der Waals surface area contributed by atoms with E-state index in [1.807, 2.05) is 48.8 Å². The first-order chi connectivity index (χ1) is 27.7. The van der Waals surface area contributed by atoms with E-state index in [2.05, 4.69) is 162 Å². The predicted octanol–water partition coefficient (Wildman–Crippen LogP) is 12.6. The van der Waals surface area contributed by atoms with Gasteiger partial charge in [-0.05, 0) is 86.3 Å². The molecule has 10 rings (SSSR count). The summed E-state index contributed by atoms with van der Waals surface area (Å²) in [6.45, 7) is 0. The summed E-state index contributed by atoms with van der Waals surface area (Å²) in [4.78, 5) is 24.9. The maximum atomic E-state index is 5.27. The highest BCUT2D eigenvalue weighted by molar-refractivity contribution is 5.97. The average molecular weight is 716 g/mol. The molecule has 0 unspecified atom stereocenters. The van der Waals surface area contributed by atoms with Crippen molar-refractivity contribution in [2.24, 2.45) is 0 Å². The molecule has 0 N–H and O–H groups in total. The molecule has 56 heavy (non-hydrogen) atoms. The molecule has 0 fully saturated rings. The molecule has 0 bridgehead atoms. The van der Waals surface area contributed by atoms with Crippen molar-refractivity contribution in [3.63, 3.8) is 0 Å². The molecule has 7 aromatic carbocycles. The number of rotatable bonds is 7. The van der Waals surface area contributed by atoms with Crippen molar-refractivity contribution in [3.8, 4) is 78.9 Å². The third kappa shape index (κ3) is 6.37. The fraction of sp³-hybridized carbons (Fsp3) is 0. The molecule has 3 aromatic heterocycles. The molecule has 5 heteroatoms. The number of hydrogen-bond acceptors (Lipinski definition) is 5. The minimum absolute atomic E-state index is 0.601. The quantitative estimate of drug-likeness (QED) is 0.164.